The standard InChI is InChI=1S/C31H33Cl2N9S/c1-3-8-41-9-6-23(7-10-41)42-17-27(39-40-42)31(28-16-35-18-43-28)38-22-11-24-29(37-21-5-4-19(2)25(32)12-21)20(14-34)15-36-30(24)26(33)13-22/h4-5,11-13,15-18,23,31,38-40H,3,6-10H2,1-2H3,(H,36,37)/t31-/m1/s1. The van der Waals surface area contributed by atoms with Gasteiger partial charge in [-0.1, -0.05) is 36.2 Å². The molecule has 0 unspecified atom stereocenters. The van der Waals surface area contributed by atoms with Crippen LogP contribution >= 0.6 is 34.5 Å². The number of nitriles is 1. The molecule has 6 rings (SSSR count). The summed E-state index contributed by atoms with van der Waals surface area (Å²) in [6.07, 6.45) is 8.97. The molecule has 1 atom stereocenters. The SMILES string of the molecule is CCCN1CCC(N2C=C([C@@H](Nc3cc(Cl)c4ncc(C#N)c(Nc5ccc(C)c(Cl)c5)c4c3)c3cncs3)NN2)CC1. The number of hydrogen-bond donors (Lipinski definition) is 4. The number of anilines is 3. The van der Waals surface area contributed by atoms with E-state index in [9.17, 15) is 5.26 Å². The van der Waals surface area contributed by atoms with Crippen molar-refractivity contribution < 1.29 is 0 Å². The van der Waals surface area contributed by atoms with E-state index in [0.29, 0.717) is 32.9 Å². The Bertz CT molecular complexity index is 1680. The number of rotatable bonds is 9. The molecular weight excluding hydrogens is 601 g/mol. The van der Waals surface area contributed by atoms with Crippen LogP contribution in [-0.2, 0) is 0 Å². The van der Waals surface area contributed by atoms with Gasteiger partial charge < -0.3 is 21.0 Å². The molecule has 0 bridgehead atoms. The number of likely N-dealkylation sites (tertiary alicyclic amines) is 1. The molecule has 4 heterocycles. The molecule has 2 aromatic heterocycles. The molecular formula is C31H33Cl2N9S. The molecule has 222 valence electrons. The first kappa shape index (κ1) is 29.5. The fourth-order valence-corrected chi connectivity index (χ4v) is 6.77. The van der Waals surface area contributed by atoms with Crippen molar-refractivity contribution in [2.24, 2.45) is 0 Å². The number of hydrogen-bond acceptors (Lipinski definition) is 10. The van der Waals surface area contributed by atoms with Crippen LogP contribution in [0.5, 0.6) is 0 Å². The number of benzene rings is 2. The number of hydrazine groups is 2. The van der Waals surface area contributed by atoms with Gasteiger partial charge in [0.15, 0.2) is 0 Å². The molecule has 2 aliphatic rings. The number of aromatic nitrogens is 2. The van der Waals surface area contributed by atoms with E-state index in [1.807, 2.05) is 49.0 Å². The third kappa shape index (κ3) is 6.37. The van der Waals surface area contributed by atoms with Gasteiger partial charge in [-0.15, -0.1) is 16.9 Å². The minimum atomic E-state index is -0.210. The Morgan fingerprint density at radius 1 is 1.14 bits per heavy atom. The summed E-state index contributed by atoms with van der Waals surface area (Å²) in [5.41, 5.74) is 13.7. The minimum absolute atomic E-state index is 0.210. The van der Waals surface area contributed by atoms with Gasteiger partial charge in [-0.05, 0) is 62.6 Å². The Balaban J connectivity index is 1.31. The number of piperidine rings is 1. The highest BCUT2D eigenvalue weighted by molar-refractivity contribution is 7.09. The minimum Gasteiger partial charge on any atom is -0.372 e. The number of nitrogens with zero attached hydrogens (tertiary/aromatic N) is 5. The summed E-state index contributed by atoms with van der Waals surface area (Å²) >= 11 is 14.8. The topological polar surface area (TPSA) is 104 Å². The summed E-state index contributed by atoms with van der Waals surface area (Å²) in [5.74, 6) is 0. The summed E-state index contributed by atoms with van der Waals surface area (Å²) in [7, 11) is 0. The van der Waals surface area contributed by atoms with Crippen molar-refractivity contribution in [2.75, 3.05) is 30.3 Å². The van der Waals surface area contributed by atoms with Crippen LogP contribution in [-0.4, -0.2) is 45.6 Å². The largest absolute Gasteiger partial charge is 0.372 e. The molecule has 1 saturated heterocycles. The predicted molar refractivity (Wildman–Crippen MR) is 175 cm³/mol. The number of aryl methyl sites for hydroxylation is 1. The van der Waals surface area contributed by atoms with Gasteiger partial charge >= 0.3 is 0 Å². The van der Waals surface area contributed by atoms with E-state index in [1.165, 1.54) is 6.42 Å². The normalized spacial score (nSPS) is 16.5. The molecule has 12 heteroatoms. The lowest BCUT2D eigenvalue weighted by molar-refractivity contribution is 0.109. The van der Waals surface area contributed by atoms with Gasteiger partial charge in [-0.3, -0.25) is 15.0 Å². The van der Waals surface area contributed by atoms with Crippen molar-refractivity contribution in [1.82, 2.24) is 30.8 Å². The Labute approximate surface area is 265 Å². The second-order valence-electron chi connectivity index (χ2n) is 10.9. The summed E-state index contributed by atoms with van der Waals surface area (Å²) in [6, 6.07) is 12.0. The average molecular weight is 635 g/mol. The van der Waals surface area contributed by atoms with Crippen LogP contribution < -0.4 is 21.6 Å². The van der Waals surface area contributed by atoms with E-state index in [-0.39, 0.29) is 6.04 Å². The zero-order valence-electron chi connectivity index (χ0n) is 24.0. The third-order valence-corrected chi connectivity index (χ3v) is 9.48. The van der Waals surface area contributed by atoms with Crippen LogP contribution in [0.2, 0.25) is 10.0 Å². The van der Waals surface area contributed by atoms with Crippen molar-refractivity contribution in [1.29, 1.82) is 5.26 Å². The first-order valence-electron chi connectivity index (χ1n) is 14.4. The number of nitrogens with one attached hydrogen (secondary N) is 4. The van der Waals surface area contributed by atoms with Crippen molar-refractivity contribution in [3.8, 4) is 6.07 Å². The molecule has 2 aromatic carbocycles. The maximum absolute atomic E-state index is 9.94. The molecule has 43 heavy (non-hydrogen) atoms. The molecule has 0 spiro atoms. The van der Waals surface area contributed by atoms with Gasteiger partial charge in [0, 0.05) is 59.5 Å². The summed E-state index contributed by atoms with van der Waals surface area (Å²) in [5, 5.41) is 21.0. The van der Waals surface area contributed by atoms with Crippen LogP contribution in [0.4, 0.5) is 17.1 Å². The molecule has 4 aromatic rings. The fourth-order valence-electron chi connectivity index (χ4n) is 5.64. The molecule has 0 saturated carbocycles. The first-order chi connectivity index (χ1) is 20.9. The van der Waals surface area contributed by atoms with Crippen molar-refractivity contribution in [3.63, 3.8) is 0 Å². The van der Waals surface area contributed by atoms with Gasteiger partial charge in [0.2, 0.25) is 0 Å². The van der Waals surface area contributed by atoms with Crippen LogP contribution in [0.1, 0.15) is 48.2 Å². The van der Waals surface area contributed by atoms with Crippen molar-refractivity contribution >= 4 is 62.5 Å². The monoisotopic (exact) mass is 633 g/mol. The first-order valence-corrected chi connectivity index (χ1v) is 16.0. The lowest BCUT2D eigenvalue weighted by Crippen LogP contribution is -2.48. The third-order valence-electron chi connectivity index (χ3n) is 7.94. The maximum atomic E-state index is 9.94. The van der Waals surface area contributed by atoms with Gasteiger partial charge in [0.05, 0.1) is 37.9 Å². The second kappa shape index (κ2) is 13.0. The summed E-state index contributed by atoms with van der Waals surface area (Å²) < 4.78 is 0. The predicted octanol–water partition coefficient (Wildman–Crippen LogP) is 7.12. The van der Waals surface area contributed by atoms with Crippen LogP contribution in [0, 0.1) is 18.3 Å². The van der Waals surface area contributed by atoms with Gasteiger partial charge in [-0.25, -0.2) is 0 Å². The number of pyridine rings is 1. The molecule has 9 nitrogen and oxygen atoms in total. The van der Waals surface area contributed by atoms with Crippen LogP contribution in [0.15, 0.2) is 60.1 Å². The highest BCUT2D eigenvalue weighted by atomic mass is 35.5. The highest BCUT2D eigenvalue weighted by Crippen LogP contribution is 2.38. The number of thiazole rings is 1. The molecule has 0 aliphatic carbocycles. The molecule has 0 amide bonds. The smallest absolute Gasteiger partial charge is 0.105 e. The van der Waals surface area contributed by atoms with E-state index < -0.39 is 0 Å². The fraction of sp³-hybridized carbons (Fsp3) is 0.323. The van der Waals surface area contributed by atoms with Gasteiger partial charge in [0.1, 0.15) is 12.1 Å². The summed E-state index contributed by atoms with van der Waals surface area (Å²) in [6.45, 7) is 7.56. The average Bonchev–Trinajstić information content (AvgIpc) is 3.72. The van der Waals surface area contributed by atoms with Crippen molar-refractivity contribution in [3.05, 3.63) is 86.2 Å². The quantitative estimate of drug-likeness (QED) is 0.153. The number of fused-ring (bicyclic) bond motifs is 1. The highest BCUT2D eigenvalue weighted by Gasteiger charge is 2.29. The zero-order chi connectivity index (χ0) is 29.9. The van der Waals surface area contributed by atoms with E-state index in [4.69, 9.17) is 23.2 Å². The number of halogens is 2. The summed E-state index contributed by atoms with van der Waals surface area (Å²) in [4.78, 5) is 12.4. The van der Waals surface area contributed by atoms with Crippen molar-refractivity contribution in [2.45, 2.75) is 45.2 Å². The van der Waals surface area contributed by atoms with Gasteiger partial charge in [0.25, 0.3) is 0 Å². The van der Waals surface area contributed by atoms with Crippen LogP contribution in [0.3, 0.4) is 0 Å². The van der Waals surface area contributed by atoms with Gasteiger partial charge in [-0.2, -0.15) is 5.26 Å². The van der Waals surface area contributed by atoms with E-state index in [0.717, 1.165) is 65.4 Å². The lowest BCUT2D eigenvalue weighted by atomic mass is 10.0. The zero-order valence-corrected chi connectivity index (χ0v) is 26.3. The van der Waals surface area contributed by atoms with Crippen LogP contribution in [0.25, 0.3) is 10.9 Å². The lowest BCUT2D eigenvalue weighted by Gasteiger charge is -2.36. The molecule has 2 aliphatic heterocycles. The molecule has 4 N–H and O–H groups in total. The Kier molecular flexibility index (Phi) is 8.88. The Morgan fingerprint density at radius 2 is 1.95 bits per heavy atom. The van der Waals surface area contributed by atoms with E-state index >= 15 is 0 Å². The second-order valence-corrected chi connectivity index (χ2v) is 12.6. The molecule has 0 radical (unpaired) electrons. The van der Waals surface area contributed by atoms with E-state index in [1.54, 1.807) is 17.5 Å². The van der Waals surface area contributed by atoms with E-state index in [2.05, 4.69) is 60.7 Å². The molecule has 1 fully saturated rings. The Morgan fingerprint density at radius 3 is 2.67 bits per heavy atom. The maximum Gasteiger partial charge on any atom is 0.105 e. The Hall–Kier alpha value is -3.59.